The van der Waals surface area contributed by atoms with Gasteiger partial charge >= 0.3 is 5.97 Å². The maximum atomic E-state index is 12.1. The van der Waals surface area contributed by atoms with E-state index < -0.39 is 12.0 Å². The van der Waals surface area contributed by atoms with Crippen LogP contribution in [0.1, 0.15) is 25.3 Å². The fourth-order valence-corrected chi connectivity index (χ4v) is 2.19. The number of carboxylic acid groups (broad SMARTS) is 1. The molecule has 2 aromatic rings. The van der Waals surface area contributed by atoms with E-state index in [0.29, 0.717) is 17.3 Å². The molecule has 0 radical (unpaired) electrons. The number of aryl methyl sites for hydroxylation is 1. The molecule has 1 atom stereocenters. The van der Waals surface area contributed by atoms with Gasteiger partial charge in [0.05, 0.1) is 12.1 Å². The van der Waals surface area contributed by atoms with Crippen molar-refractivity contribution in [3.63, 3.8) is 0 Å². The van der Waals surface area contributed by atoms with E-state index in [-0.39, 0.29) is 18.2 Å². The molecule has 0 saturated carbocycles. The molecule has 0 aliphatic carbocycles. The van der Waals surface area contributed by atoms with Gasteiger partial charge in [0.15, 0.2) is 0 Å². The molecule has 0 aliphatic rings. The minimum atomic E-state index is -1.05. The summed E-state index contributed by atoms with van der Waals surface area (Å²) in [7, 11) is 0. The average molecular weight is 316 g/mol. The first-order valence-electron chi connectivity index (χ1n) is 7.42. The second-order valence-corrected chi connectivity index (χ2v) is 5.69. The number of aliphatic carboxylic acids is 1. The molecular formula is C17H20N2O4. The molecule has 2 rings (SSSR count). The van der Waals surface area contributed by atoms with Gasteiger partial charge in [0, 0.05) is 5.56 Å². The number of carbonyl (C=O) groups is 2. The van der Waals surface area contributed by atoms with Crippen molar-refractivity contribution in [2.45, 2.75) is 33.2 Å². The Kier molecular flexibility index (Phi) is 5.16. The van der Waals surface area contributed by atoms with E-state index in [0.717, 1.165) is 5.56 Å². The molecule has 1 aromatic carbocycles. The Labute approximate surface area is 134 Å². The highest BCUT2D eigenvalue weighted by molar-refractivity contribution is 5.85. The average Bonchev–Trinajstić information content (AvgIpc) is 2.86. The molecule has 0 aliphatic heterocycles. The van der Waals surface area contributed by atoms with Gasteiger partial charge in [0.25, 0.3) is 0 Å². The number of benzene rings is 1. The predicted octanol–water partition coefficient (Wildman–Crippen LogP) is 2.42. The third-order valence-electron chi connectivity index (χ3n) is 3.49. The van der Waals surface area contributed by atoms with Crippen LogP contribution in [0.2, 0.25) is 0 Å². The van der Waals surface area contributed by atoms with Gasteiger partial charge in [-0.2, -0.15) is 0 Å². The number of carbonyl (C=O) groups excluding carboxylic acids is 1. The summed E-state index contributed by atoms with van der Waals surface area (Å²) in [5.74, 6) is -0.632. The van der Waals surface area contributed by atoms with Crippen LogP contribution in [0, 0.1) is 12.8 Å². The second kappa shape index (κ2) is 7.09. The van der Waals surface area contributed by atoms with E-state index in [9.17, 15) is 9.59 Å². The predicted molar refractivity (Wildman–Crippen MR) is 84.8 cm³/mol. The van der Waals surface area contributed by atoms with Gasteiger partial charge in [-0.25, -0.2) is 9.78 Å². The van der Waals surface area contributed by atoms with E-state index in [1.807, 2.05) is 30.3 Å². The van der Waals surface area contributed by atoms with Crippen molar-refractivity contribution in [1.29, 1.82) is 0 Å². The lowest BCUT2D eigenvalue weighted by Crippen LogP contribution is -2.45. The van der Waals surface area contributed by atoms with Gasteiger partial charge in [-0.3, -0.25) is 4.79 Å². The first-order valence-corrected chi connectivity index (χ1v) is 7.42. The second-order valence-electron chi connectivity index (χ2n) is 5.69. The lowest BCUT2D eigenvalue weighted by atomic mass is 10.0. The lowest BCUT2D eigenvalue weighted by Gasteiger charge is -2.17. The molecule has 6 nitrogen and oxygen atoms in total. The van der Waals surface area contributed by atoms with Crippen LogP contribution < -0.4 is 5.32 Å². The van der Waals surface area contributed by atoms with Crippen LogP contribution in [-0.2, 0) is 16.0 Å². The molecular weight excluding hydrogens is 296 g/mol. The molecule has 0 saturated heterocycles. The summed E-state index contributed by atoms with van der Waals surface area (Å²) in [6.07, 6.45) is -0.0152. The van der Waals surface area contributed by atoms with Gasteiger partial charge in [-0.15, -0.1) is 0 Å². The number of nitrogens with zero attached hydrogens (tertiary/aromatic N) is 1. The normalized spacial score (nSPS) is 12.2. The van der Waals surface area contributed by atoms with E-state index in [1.165, 1.54) is 0 Å². The first kappa shape index (κ1) is 16.7. The number of nitrogens with one attached hydrogen (secondary N) is 1. The van der Waals surface area contributed by atoms with Crippen LogP contribution >= 0.6 is 0 Å². The summed E-state index contributed by atoms with van der Waals surface area (Å²) in [6.45, 7) is 5.22. The summed E-state index contributed by atoms with van der Waals surface area (Å²) in [6, 6.07) is 8.47. The first-order chi connectivity index (χ1) is 10.9. The SMILES string of the molecule is Cc1oc(-c2ccccc2)nc1CC(=O)N[C@H](C(=O)O)C(C)C. The maximum Gasteiger partial charge on any atom is 0.326 e. The van der Waals surface area contributed by atoms with Gasteiger partial charge < -0.3 is 14.8 Å². The van der Waals surface area contributed by atoms with Crippen LogP contribution in [0.25, 0.3) is 11.5 Å². The number of amides is 1. The Morgan fingerprint density at radius 3 is 2.48 bits per heavy atom. The molecule has 0 bridgehead atoms. The summed E-state index contributed by atoms with van der Waals surface area (Å²) in [4.78, 5) is 27.6. The molecule has 0 fully saturated rings. The van der Waals surface area contributed by atoms with Crippen molar-refractivity contribution in [3.05, 3.63) is 41.8 Å². The van der Waals surface area contributed by atoms with Crippen molar-refractivity contribution in [2.24, 2.45) is 5.92 Å². The Balaban J connectivity index is 2.10. The fraction of sp³-hybridized carbons (Fsp3) is 0.353. The van der Waals surface area contributed by atoms with Crippen LogP contribution in [-0.4, -0.2) is 28.0 Å². The standard InChI is InChI=1S/C17H20N2O4/c1-10(2)15(17(21)22)19-14(20)9-13-11(3)23-16(18-13)12-7-5-4-6-8-12/h4-8,10,15H,9H2,1-3H3,(H,19,20)(H,21,22)/t15-/m0/s1. The van der Waals surface area contributed by atoms with Gasteiger partial charge in [-0.1, -0.05) is 32.0 Å². The largest absolute Gasteiger partial charge is 0.480 e. The zero-order chi connectivity index (χ0) is 17.0. The third-order valence-corrected chi connectivity index (χ3v) is 3.49. The zero-order valence-electron chi connectivity index (χ0n) is 13.4. The van der Waals surface area contributed by atoms with E-state index in [4.69, 9.17) is 9.52 Å². The smallest absolute Gasteiger partial charge is 0.326 e. The van der Waals surface area contributed by atoms with Gasteiger partial charge in [0.2, 0.25) is 11.8 Å². The topological polar surface area (TPSA) is 92.4 Å². The monoisotopic (exact) mass is 316 g/mol. The van der Waals surface area contributed by atoms with Crippen LogP contribution in [0.4, 0.5) is 0 Å². The molecule has 122 valence electrons. The van der Waals surface area contributed by atoms with Crippen molar-refractivity contribution in [2.75, 3.05) is 0 Å². The molecule has 0 spiro atoms. The summed E-state index contributed by atoms with van der Waals surface area (Å²) >= 11 is 0. The highest BCUT2D eigenvalue weighted by atomic mass is 16.4. The van der Waals surface area contributed by atoms with Crippen LogP contribution in [0.3, 0.4) is 0 Å². The molecule has 1 amide bonds. The minimum Gasteiger partial charge on any atom is -0.480 e. The minimum absolute atomic E-state index is 0.0152. The number of hydrogen-bond acceptors (Lipinski definition) is 4. The molecule has 23 heavy (non-hydrogen) atoms. The number of oxazole rings is 1. The van der Waals surface area contributed by atoms with Crippen molar-refractivity contribution < 1.29 is 19.1 Å². The van der Waals surface area contributed by atoms with E-state index in [2.05, 4.69) is 10.3 Å². The molecule has 2 N–H and O–H groups in total. The van der Waals surface area contributed by atoms with E-state index >= 15 is 0 Å². The third kappa shape index (κ3) is 4.18. The highest BCUT2D eigenvalue weighted by Gasteiger charge is 2.24. The number of hydrogen-bond donors (Lipinski definition) is 2. The summed E-state index contributed by atoms with van der Waals surface area (Å²) < 4.78 is 5.59. The Bertz CT molecular complexity index is 692. The molecule has 1 aromatic heterocycles. The Morgan fingerprint density at radius 1 is 1.26 bits per heavy atom. The van der Waals surface area contributed by atoms with Gasteiger partial charge in [0.1, 0.15) is 11.8 Å². The quantitative estimate of drug-likeness (QED) is 0.854. The van der Waals surface area contributed by atoms with Crippen molar-refractivity contribution >= 4 is 11.9 Å². The van der Waals surface area contributed by atoms with Crippen LogP contribution in [0.5, 0.6) is 0 Å². The zero-order valence-corrected chi connectivity index (χ0v) is 13.4. The highest BCUT2D eigenvalue weighted by Crippen LogP contribution is 2.21. The van der Waals surface area contributed by atoms with Crippen molar-refractivity contribution in [3.8, 4) is 11.5 Å². The molecule has 6 heteroatoms. The molecule has 0 unspecified atom stereocenters. The maximum absolute atomic E-state index is 12.1. The number of rotatable bonds is 6. The molecule has 1 heterocycles. The summed E-state index contributed by atoms with van der Waals surface area (Å²) in [5, 5.41) is 11.6. The van der Waals surface area contributed by atoms with E-state index in [1.54, 1.807) is 20.8 Å². The fourth-order valence-electron chi connectivity index (χ4n) is 2.19. The number of aromatic nitrogens is 1. The summed E-state index contributed by atoms with van der Waals surface area (Å²) in [5.41, 5.74) is 1.34. The van der Waals surface area contributed by atoms with Crippen LogP contribution in [0.15, 0.2) is 34.7 Å². The Morgan fingerprint density at radius 2 is 1.91 bits per heavy atom. The van der Waals surface area contributed by atoms with Crippen molar-refractivity contribution in [1.82, 2.24) is 10.3 Å². The number of carboxylic acids is 1. The van der Waals surface area contributed by atoms with Gasteiger partial charge in [-0.05, 0) is 25.0 Å². The lowest BCUT2D eigenvalue weighted by molar-refractivity contribution is -0.143. The Hall–Kier alpha value is -2.63.